The fraction of sp³-hybridized carbons (Fsp3) is 0.538. The van der Waals surface area contributed by atoms with Crippen molar-refractivity contribution in [2.75, 3.05) is 18.1 Å². The topological polar surface area (TPSA) is 9.23 Å². The summed E-state index contributed by atoms with van der Waals surface area (Å²) in [5.41, 5.74) is 2.70. The van der Waals surface area contributed by atoms with E-state index < -0.39 is 0 Å². The third-order valence-corrected chi connectivity index (χ3v) is 5.61. The van der Waals surface area contributed by atoms with Crippen molar-refractivity contribution in [2.45, 2.75) is 24.9 Å². The monoisotopic (exact) mass is 254 g/mol. The molecule has 0 radical (unpaired) electrons. The molecule has 0 atom stereocenters. The molecule has 88 valence electrons. The van der Waals surface area contributed by atoms with Crippen LogP contribution in [-0.2, 0) is 0 Å². The van der Waals surface area contributed by atoms with E-state index in [9.17, 15) is 0 Å². The third kappa shape index (κ3) is 2.89. The third-order valence-electron chi connectivity index (χ3n) is 2.60. The first-order valence-electron chi connectivity index (χ1n) is 5.78. The van der Waals surface area contributed by atoms with Gasteiger partial charge in [-0.15, -0.1) is 23.5 Å². The SMILES string of the molecule is CCOc1ccc(C2SCCCS2)cc1C. The molecule has 0 aromatic heterocycles. The van der Waals surface area contributed by atoms with Crippen molar-refractivity contribution in [3.8, 4) is 5.75 Å². The standard InChI is InChI=1S/C13H18OS2/c1-3-14-12-6-5-11(9-10(12)2)13-15-7-4-8-16-13/h5-6,9,13H,3-4,7-8H2,1-2H3. The Bertz CT molecular complexity index is 346. The van der Waals surface area contributed by atoms with Gasteiger partial charge in [0.05, 0.1) is 11.2 Å². The lowest BCUT2D eigenvalue weighted by molar-refractivity contribution is 0.338. The van der Waals surface area contributed by atoms with Crippen molar-refractivity contribution in [3.63, 3.8) is 0 Å². The summed E-state index contributed by atoms with van der Waals surface area (Å²) in [5, 5.41) is 0. The Kier molecular flexibility index (Phi) is 4.47. The molecule has 0 spiro atoms. The molecule has 2 rings (SSSR count). The van der Waals surface area contributed by atoms with Gasteiger partial charge in [0.15, 0.2) is 0 Å². The summed E-state index contributed by atoms with van der Waals surface area (Å²) in [5.74, 6) is 3.62. The molecule has 0 unspecified atom stereocenters. The van der Waals surface area contributed by atoms with Gasteiger partial charge in [0.2, 0.25) is 0 Å². The molecule has 1 nitrogen and oxygen atoms in total. The lowest BCUT2D eigenvalue weighted by atomic mass is 10.1. The van der Waals surface area contributed by atoms with Gasteiger partial charge in [-0.3, -0.25) is 0 Å². The molecule has 1 aromatic carbocycles. The van der Waals surface area contributed by atoms with E-state index >= 15 is 0 Å². The second-order valence-corrected chi connectivity index (χ2v) is 6.61. The lowest BCUT2D eigenvalue weighted by Crippen LogP contribution is -2.01. The Balaban J connectivity index is 2.13. The van der Waals surface area contributed by atoms with Crippen molar-refractivity contribution in [1.29, 1.82) is 0 Å². The number of ether oxygens (including phenoxy) is 1. The van der Waals surface area contributed by atoms with Crippen LogP contribution in [0.5, 0.6) is 5.75 Å². The summed E-state index contributed by atoms with van der Waals surface area (Å²) >= 11 is 4.13. The smallest absolute Gasteiger partial charge is 0.122 e. The second-order valence-electron chi connectivity index (χ2n) is 3.89. The first-order chi connectivity index (χ1) is 7.81. The van der Waals surface area contributed by atoms with Crippen molar-refractivity contribution in [2.24, 2.45) is 0 Å². The Morgan fingerprint density at radius 1 is 1.31 bits per heavy atom. The molecule has 1 aromatic rings. The summed E-state index contributed by atoms with van der Waals surface area (Å²) in [6, 6.07) is 6.61. The molecule has 0 N–H and O–H groups in total. The van der Waals surface area contributed by atoms with Crippen LogP contribution in [0, 0.1) is 6.92 Å². The quantitative estimate of drug-likeness (QED) is 0.797. The molecule has 16 heavy (non-hydrogen) atoms. The molecule has 1 heterocycles. The molecule has 0 amide bonds. The van der Waals surface area contributed by atoms with Gasteiger partial charge >= 0.3 is 0 Å². The zero-order valence-corrected chi connectivity index (χ0v) is 11.5. The predicted octanol–water partition coefficient (Wildman–Crippen LogP) is 4.26. The van der Waals surface area contributed by atoms with Crippen LogP contribution in [0.25, 0.3) is 0 Å². The molecule has 0 bridgehead atoms. The average Bonchev–Trinajstić information content (AvgIpc) is 2.33. The summed E-state index contributed by atoms with van der Waals surface area (Å²) in [6.45, 7) is 4.90. The van der Waals surface area contributed by atoms with Crippen molar-refractivity contribution < 1.29 is 4.74 Å². The molecule has 3 heteroatoms. The maximum atomic E-state index is 5.57. The van der Waals surface area contributed by atoms with E-state index in [1.54, 1.807) is 0 Å². The number of benzene rings is 1. The minimum Gasteiger partial charge on any atom is -0.494 e. The first-order valence-corrected chi connectivity index (χ1v) is 7.87. The van der Waals surface area contributed by atoms with Gasteiger partial charge < -0.3 is 4.74 Å². The van der Waals surface area contributed by atoms with Crippen molar-refractivity contribution in [3.05, 3.63) is 29.3 Å². The van der Waals surface area contributed by atoms with Gasteiger partial charge in [-0.2, -0.15) is 0 Å². The Morgan fingerprint density at radius 3 is 2.69 bits per heavy atom. The molecular formula is C13H18OS2. The van der Waals surface area contributed by atoms with Crippen LogP contribution in [0.1, 0.15) is 29.1 Å². The molecule has 1 aliphatic rings. The fourth-order valence-corrected chi connectivity index (χ4v) is 4.69. The summed E-state index contributed by atoms with van der Waals surface area (Å²) in [6.07, 6.45) is 1.35. The molecule has 0 aliphatic carbocycles. The Morgan fingerprint density at radius 2 is 2.06 bits per heavy atom. The maximum Gasteiger partial charge on any atom is 0.122 e. The van der Waals surface area contributed by atoms with Crippen LogP contribution >= 0.6 is 23.5 Å². The van der Waals surface area contributed by atoms with E-state index in [1.807, 2.05) is 6.92 Å². The highest BCUT2D eigenvalue weighted by molar-refractivity contribution is 8.16. The summed E-state index contributed by atoms with van der Waals surface area (Å²) in [4.78, 5) is 0. The molecule has 1 aliphatic heterocycles. The Labute approximate surface area is 106 Å². The van der Waals surface area contributed by atoms with Gasteiger partial charge in [0, 0.05) is 0 Å². The minimum atomic E-state index is 0.628. The van der Waals surface area contributed by atoms with Gasteiger partial charge in [-0.25, -0.2) is 0 Å². The summed E-state index contributed by atoms with van der Waals surface area (Å²) < 4.78 is 6.19. The van der Waals surface area contributed by atoms with Crippen LogP contribution < -0.4 is 4.74 Å². The van der Waals surface area contributed by atoms with Crippen LogP contribution in [-0.4, -0.2) is 18.1 Å². The highest BCUT2D eigenvalue weighted by Crippen LogP contribution is 2.44. The van der Waals surface area contributed by atoms with Gasteiger partial charge in [-0.05, 0) is 49.0 Å². The van der Waals surface area contributed by atoms with Crippen LogP contribution in [0.3, 0.4) is 0 Å². The first kappa shape index (κ1) is 12.2. The van der Waals surface area contributed by atoms with Crippen LogP contribution in [0.4, 0.5) is 0 Å². The maximum absolute atomic E-state index is 5.57. The van der Waals surface area contributed by atoms with Gasteiger partial charge in [0.1, 0.15) is 5.75 Å². The number of aryl methyl sites for hydroxylation is 1. The Hall–Kier alpha value is -0.280. The average molecular weight is 254 g/mol. The van der Waals surface area contributed by atoms with E-state index in [-0.39, 0.29) is 0 Å². The number of thioether (sulfide) groups is 2. The lowest BCUT2D eigenvalue weighted by Gasteiger charge is -2.22. The van der Waals surface area contributed by atoms with E-state index in [0.717, 1.165) is 12.4 Å². The largest absolute Gasteiger partial charge is 0.494 e. The highest BCUT2D eigenvalue weighted by Gasteiger charge is 2.17. The van der Waals surface area contributed by atoms with E-state index in [4.69, 9.17) is 4.74 Å². The number of rotatable bonds is 3. The van der Waals surface area contributed by atoms with Gasteiger partial charge in [0.25, 0.3) is 0 Å². The number of hydrogen-bond acceptors (Lipinski definition) is 3. The van der Waals surface area contributed by atoms with Crippen LogP contribution in [0.2, 0.25) is 0 Å². The fourth-order valence-electron chi connectivity index (χ4n) is 1.82. The van der Waals surface area contributed by atoms with E-state index in [1.165, 1.54) is 29.1 Å². The molecule has 1 saturated heterocycles. The molecule has 1 fully saturated rings. The van der Waals surface area contributed by atoms with Crippen LogP contribution in [0.15, 0.2) is 18.2 Å². The molecule has 0 saturated carbocycles. The second kappa shape index (κ2) is 5.87. The van der Waals surface area contributed by atoms with E-state index in [2.05, 4.69) is 48.6 Å². The van der Waals surface area contributed by atoms with Gasteiger partial charge in [-0.1, -0.05) is 12.1 Å². The minimum absolute atomic E-state index is 0.628. The van der Waals surface area contributed by atoms with E-state index in [0.29, 0.717) is 4.58 Å². The molecular weight excluding hydrogens is 236 g/mol. The highest BCUT2D eigenvalue weighted by atomic mass is 32.2. The normalized spacial score (nSPS) is 17.4. The van der Waals surface area contributed by atoms with Crippen molar-refractivity contribution >= 4 is 23.5 Å². The zero-order chi connectivity index (χ0) is 11.4. The predicted molar refractivity (Wildman–Crippen MR) is 74.6 cm³/mol. The van der Waals surface area contributed by atoms with Crippen molar-refractivity contribution in [1.82, 2.24) is 0 Å². The summed E-state index contributed by atoms with van der Waals surface area (Å²) in [7, 11) is 0. The zero-order valence-electron chi connectivity index (χ0n) is 9.86. The number of hydrogen-bond donors (Lipinski definition) is 0.